The smallest absolute Gasteiger partial charge is 0.165 e. The fourth-order valence-electron chi connectivity index (χ4n) is 4.58. The monoisotopic (exact) mass is 375 g/mol. The summed E-state index contributed by atoms with van der Waals surface area (Å²) in [5.41, 5.74) is 5.67. The Morgan fingerprint density at radius 3 is 2.68 bits per heavy atom. The summed E-state index contributed by atoms with van der Waals surface area (Å²) in [5.74, 6) is 0. The van der Waals surface area contributed by atoms with Gasteiger partial charge in [0, 0.05) is 11.8 Å². The second-order valence-electron chi connectivity index (χ2n) is 8.24. The lowest BCUT2D eigenvalue weighted by molar-refractivity contribution is -0.166. The van der Waals surface area contributed by atoms with Gasteiger partial charge in [-0.15, -0.1) is 0 Å². The van der Waals surface area contributed by atoms with E-state index in [1.165, 1.54) is 27.8 Å². The predicted octanol–water partition coefficient (Wildman–Crippen LogP) is 5.31. The molecule has 2 aromatic rings. The molecule has 146 valence electrons. The predicted molar refractivity (Wildman–Crippen MR) is 114 cm³/mol. The van der Waals surface area contributed by atoms with E-state index >= 15 is 0 Å². The summed E-state index contributed by atoms with van der Waals surface area (Å²) in [6.45, 7) is 8.11. The first kappa shape index (κ1) is 19.0. The molecule has 2 aliphatic rings. The van der Waals surface area contributed by atoms with Gasteiger partial charge in [-0.1, -0.05) is 54.1 Å². The lowest BCUT2D eigenvalue weighted by Crippen LogP contribution is -2.42. The number of aliphatic hydroxyl groups is 1. The van der Waals surface area contributed by atoms with Gasteiger partial charge in [0.15, 0.2) is 5.72 Å². The molecule has 0 saturated heterocycles. The van der Waals surface area contributed by atoms with Crippen LogP contribution in [-0.4, -0.2) is 22.2 Å². The van der Waals surface area contributed by atoms with Crippen molar-refractivity contribution in [1.82, 2.24) is 4.90 Å². The molecule has 3 unspecified atom stereocenters. The molecule has 4 rings (SSSR count). The Labute approximate surface area is 168 Å². The van der Waals surface area contributed by atoms with E-state index in [0.717, 1.165) is 0 Å². The van der Waals surface area contributed by atoms with Gasteiger partial charge in [0.1, 0.15) is 0 Å². The molecular formula is C25H29NO2. The molecule has 2 aromatic carbocycles. The zero-order valence-corrected chi connectivity index (χ0v) is 17.1. The fraction of sp³-hybridized carbons (Fsp3) is 0.360. The van der Waals surface area contributed by atoms with Crippen LogP contribution in [0.1, 0.15) is 55.5 Å². The Kier molecular flexibility index (Phi) is 4.90. The van der Waals surface area contributed by atoms with Gasteiger partial charge in [0.05, 0.1) is 18.2 Å². The molecule has 3 heteroatoms. The van der Waals surface area contributed by atoms with Crippen LogP contribution >= 0.6 is 0 Å². The SMILES string of the molecule is Cc1cccc(C2=CC3c4ccccc4[C@](C)(OC(C)CC(C)O)N3C=C2)c1. The van der Waals surface area contributed by atoms with Gasteiger partial charge in [0.25, 0.3) is 0 Å². The minimum Gasteiger partial charge on any atom is -0.393 e. The van der Waals surface area contributed by atoms with Crippen molar-refractivity contribution in [3.05, 3.63) is 89.1 Å². The number of hydrogen-bond acceptors (Lipinski definition) is 3. The van der Waals surface area contributed by atoms with E-state index in [-0.39, 0.29) is 18.2 Å². The van der Waals surface area contributed by atoms with Crippen molar-refractivity contribution in [2.45, 2.75) is 58.1 Å². The third-order valence-electron chi connectivity index (χ3n) is 5.78. The number of rotatable bonds is 5. The minimum atomic E-state index is -0.555. The van der Waals surface area contributed by atoms with Crippen LogP contribution < -0.4 is 0 Å². The van der Waals surface area contributed by atoms with E-state index in [1.807, 2.05) is 13.8 Å². The summed E-state index contributed by atoms with van der Waals surface area (Å²) >= 11 is 0. The van der Waals surface area contributed by atoms with Crippen LogP contribution in [0.15, 0.2) is 66.9 Å². The summed E-state index contributed by atoms with van der Waals surface area (Å²) in [4.78, 5) is 2.30. The number of benzene rings is 2. The highest BCUT2D eigenvalue weighted by molar-refractivity contribution is 5.76. The average molecular weight is 376 g/mol. The largest absolute Gasteiger partial charge is 0.393 e. The molecule has 0 amide bonds. The molecule has 4 atom stereocenters. The normalized spacial score (nSPS) is 25.1. The van der Waals surface area contributed by atoms with Crippen molar-refractivity contribution in [2.24, 2.45) is 0 Å². The first-order chi connectivity index (χ1) is 13.4. The van der Waals surface area contributed by atoms with Crippen LogP contribution in [0.4, 0.5) is 0 Å². The molecule has 2 aliphatic heterocycles. The van der Waals surface area contributed by atoms with Gasteiger partial charge in [-0.2, -0.15) is 0 Å². The molecule has 0 aromatic heterocycles. The van der Waals surface area contributed by atoms with Gasteiger partial charge >= 0.3 is 0 Å². The second kappa shape index (κ2) is 7.23. The molecular weight excluding hydrogens is 346 g/mol. The van der Waals surface area contributed by atoms with Gasteiger partial charge < -0.3 is 14.7 Å². The Morgan fingerprint density at radius 2 is 1.93 bits per heavy atom. The third-order valence-corrected chi connectivity index (χ3v) is 5.78. The zero-order chi connectivity index (χ0) is 19.9. The summed E-state index contributed by atoms with van der Waals surface area (Å²) < 4.78 is 6.55. The van der Waals surface area contributed by atoms with E-state index in [4.69, 9.17) is 4.74 Å². The highest BCUT2D eigenvalue weighted by Crippen LogP contribution is 2.50. The zero-order valence-electron chi connectivity index (χ0n) is 17.1. The molecule has 2 heterocycles. The highest BCUT2D eigenvalue weighted by Gasteiger charge is 2.47. The first-order valence-electron chi connectivity index (χ1n) is 10.1. The van der Waals surface area contributed by atoms with Gasteiger partial charge in [-0.25, -0.2) is 0 Å². The van der Waals surface area contributed by atoms with E-state index in [1.54, 1.807) is 0 Å². The number of aryl methyl sites for hydroxylation is 1. The Bertz CT molecular complexity index is 930. The molecule has 0 bridgehead atoms. The fourth-order valence-corrected chi connectivity index (χ4v) is 4.58. The van der Waals surface area contributed by atoms with Crippen LogP contribution in [0.3, 0.4) is 0 Å². The summed E-state index contributed by atoms with van der Waals surface area (Å²) in [6, 6.07) is 17.3. The molecule has 0 saturated carbocycles. The number of allylic oxidation sites excluding steroid dienone is 2. The average Bonchev–Trinajstić information content (AvgIpc) is 2.90. The van der Waals surface area contributed by atoms with Crippen molar-refractivity contribution >= 4 is 5.57 Å². The molecule has 0 radical (unpaired) electrons. The van der Waals surface area contributed by atoms with Crippen molar-refractivity contribution < 1.29 is 9.84 Å². The molecule has 3 nitrogen and oxygen atoms in total. The summed E-state index contributed by atoms with van der Waals surface area (Å²) in [5, 5.41) is 9.77. The van der Waals surface area contributed by atoms with Gasteiger partial charge in [-0.3, -0.25) is 0 Å². The Balaban J connectivity index is 1.72. The van der Waals surface area contributed by atoms with Crippen molar-refractivity contribution in [3.8, 4) is 0 Å². The standard InChI is InChI=1S/C25H29NO2/c1-17-8-7-9-20(14-17)21-12-13-26-24(16-21)22-10-5-6-11-23(22)25(26,4)28-19(3)15-18(2)27/h5-14,16,18-19,24,27H,15H2,1-4H3/t18?,19?,24?,25-/m0/s1. The van der Waals surface area contributed by atoms with Gasteiger partial charge in [0.2, 0.25) is 0 Å². The van der Waals surface area contributed by atoms with Crippen LogP contribution in [0.25, 0.3) is 5.57 Å². The molecule has 0 fully saturated rings. The first-order valence-corrected chi connectivity index (χ1v) is 10.1. The van der Waals surface area contributed by atoms with Gasteiger partial charge in [-0.05, 0) is 63.0 Å². The summed E-state index contributed by atoms with van der Waals surface area (Å²) in [7, 11) is 0. The third kappa shape index (κ3) is 3.30. The minimum absolute atomic E-state index is 0.0487. The number of ether oxygens (including phenoxy) is 1. The summed E-state index contributed by atoms with van der Waals surface area (Å²) in [6.07, 6.45) is 6.87. The number of aliphatic hydroxyl groups excluding tert-OH is 1. The maximum absolute atomic E-state index is 9.77. The van der Waals surface area contributed by atoms with E-state index in [0.29, 0.717) is 6.42 Å². The maximum atomic E-state index is 9.77. The van der Waals surface area contributed by atoms with E-state index in [2.05, 4.69) is 85.6 Å². The van der Waals surface area contributed by atoms with Crippen LogP contribution in [0, 0.1) is 6.92 Å². The molecule has 0 aliphatic carbocycles. The van der Waals surface area contributed by atoms with E-state index < -0.39 is 5.72 Å². The quantitative estimate of drug-likeness (QED) is 0.768. The molecule has 1 N–H and O–H groups in total. The Hall–Kier alpha value is -2.36. The number of nitrogens with zero attached hydrogens (tertiary/aromatic N) is 1. The van der Waals surface area contributed by atoms with E-state index in [9.17, 15) is 5.11 Å². The van der Waals surface area contributed by atoms with Crippen molar-refractivity contribution in [3.63, 3.8) is 0 Å². The number of hydrogen-bond donors (Lipinski definition) is 1. The molecule has 28 heavy (non-hydrogen) atoms. The lowest BCUT2D eigenvalue weighted by Gasteiger charge is -2.41. The second-order valence-corrected chi connectivity index (χ2v) is 8.24. The Morgan fingerprint density at radius 1 is 1.14 bits per heavy atom. The van der Waals surface area contributed by atoms with Crippen molar-refractivity contribution in [1.29, 1.82) is 0 Å². The van der Waals surface area contributed by atoms with Crippen LogP contribution in [0.2, 0.25) is 0 Å². The maximum Gasteiger partial charge on any atom is 0.165 e. The number of fused-ring (bicyclic) bond motifs is 3. The molecule has 0 spiro atoms. The topological polar surface area (TPSA) is 32.7 Å². The lowest BCUT2D eigenvalue weighted by atomic mass is 9.96. The van der Waals surface area contributed by atoms with Crippen LogP contribution in [0.5, 0.6) is 0 Å². The van der Waals surface area contributed by atoms with Crippen molar-refractivity contribution in [2.75, 3.05) is 0 Å². The van der Waals surface area contributed by atoms with Crippen LogP contribution in [-0.2, 0) is 10.5 Å². The highest BCUT2D eigenvalue weighted by atomic mass is 16.5.